The number of rotatable bonds is 4. The van der Waals surface area contributed by atoms with Gasteiger partial charge >= 0.3 is 8.56 Å². The van der Waals surface area contributed by atoms with E-state index in [0.29, 0.717) is 0 Å². The molecule has 0 fully saturated rings. The molecule has 15 heavy (non-hydrogen) atoms. The van der Waals surface area contributed by atoms with Gasteiger partial charge < -0.3 is 8.85 Å². The van der Waals surface area contributed by atoms with E-state index in [1.54, 1.807) is 0 Å². The standard InChI is InChI=1S/C12H20O2Si/c1-13-15(14-2,11-7-3-4-8-11)12-9-5-6-10-12/h7,9H,3-6,8,10H2,1-2H3. The molecule has 0 amide bonds. The second-order valence-corrected chi connectivity index (χ2v) is 7.60. The zero-order chi connectivity index (χ0) is 10.7. The first-order chi connectivity index (χ1) is 7.33. The summed E-state index contributed by atoms with van der Waals surface area (Å²) in [5.74, 6) is 0. The van der Waals surface area contributed by atoms with Crippen LogP contribution in [0.25, 0.3) is 0 Å². The average Bonchev–Trinajstić information content (AvgIpc) is 2.92. The third-order valence-corrected chi connectivity index (χ3v) is 7.25. The fourth-order valence-electron chi connectivity index (χ4n) is 2.75. The highest BCUT2D eigenvalue weighted by Gasteiger charge is 2.45. The van der Waals surface area contributed by atoms with Crippen LogP contribution in [0.1, 0.15) is 38.5 Å². The lowest BCUT2D eigenvalue weighted by Gasteiger charge is -2.30. The van der Waals surface area contributed by atoms with Gasteiger partial charge in [-0.2, -0.15) is 0 Å². The zero-order valence-electron chi connectivity index (χ0n) is 9.71. The smallest absolute Gasteiger partial charge is 0.391 e. The highest BCUT2D eigenvalue weighted by atomic mass is 28.4. The van der Waals surface area contributed by atoms with Crippen LogP contribution in [0.15, 0.2) is 22.5 Å². The SMILES string of the molecule is CO[Si](OC)(C1=CCCC1)C1=CCCC1. The van der Waals surface area contributed by atoms with Crippen LogP contribution in [-0.2, 0) is 8.85 Å². The normalized spacial score (nSPS) is 21.7. The maximum absolute atomic E-state index is 5.84. The summed E-state index contributed by atoms with van der Waals surface area (Å²) in [6, 6.07) is 0. The quantitative estimate of drug-likeness (QED) is 0.683. The van der Waals surface area contributed by atoms with Gasteiger partial charge in [0, 0.05) is 14.2 Å². The van der Waals surface area contributed by atoms with Gasteiger partial charge in [-0.05, 0) is 48.9 Å². The Morgan fingerprint density at radius 3 is 1.67 bits per heavy atom. The molecule has 0 saturated heterocycles. The van der Waals surface area contributed by atoms with E-state index in [1.807, 2.05) is 14.2 Å². The minimum atomic E-state index is -2.16. The van der Waals surface area contributed by atoms with Gasteiger partial charge in [-0.25, -0.2) is 0 Å². The second kappa shape index (κ2) is 4.64. The summed E-state index contributed by atoms with van der Waals surface area (Å²) < 4.78 is 11.7. The first kappa shape index (κ1) is 11.1. The van der Waals surface area contributed by atoms with Crippen LogP contribution in [-0.4, -0.2) is 22.8 Å². The third kappa shape index (κ3) is 1.84. The Balaban J connectivity index is 2.29. The Hall–Kier alpha value is -0.383. The molecule has 84 valence electrons. The predicted octanol–water partition coefficient (Wildman–Crippen LogP) is 3.02. The molecule has 0 saturated carbocycles. The van der Waals surface area contributed by atoms with Crippen molar-refractivity contribution in [2.24, 2.45) is 0 Å². The highest BCUT2D eigenvalue weighted by Crippen LogP contribution is 2.37. The van der Waals surface area contributed by atoms with E-state index in [2.05, 4.69) is 12.2 Å². The molecule has 2 nitrogen and oxygen atoms in total. The van der Waals surface area contributed by atoms with Crippen LogP contribution in [0.2, 0.25) is 0 Å². The van der Waals surface area contributed by atoms with E-state index in [9.17, 15) is 0 Å². The van der Waals surface area contributed by atoms with Gasteiger partial charge in [-0.15, -0.1) is 0 Å². The molecule has 2 rings (SSSR count). The molecule has 0 heterocycles. The van der Waals surface area contributed by atoms with Crippen molar-refractivity contribution in [3.05, 3.63) is 22.5 Å². The minimum Gasteiger partial charge on any atom is -0.391 e. The van der Waals surface area contributed by atoms with Crippen molar-refractivity contribution in [2.45, 2.75) is 38.5 Å². The van der Waals surface area contributed by atoms with Crippen LogP contribution in [0.3, 0.4) is 0 Å². The van der Waals surface area contributed by atoms with Crippen molar-refractivity contribution in [2.75, 3.05) is 14.2 Å². The van der Waals surface area contributed by atoms with E-state index in [-0.39, 0.29) is 0 Å². The van der Waals surface area contributed by atoms with E-state index in [4.69, 9.17) is 8.85 Å². The largest absolute Gasteiger partial charge is 0.397 e. The third-order valence-electron chi connectivity index (χ3n) is 3.50. The van der Waals surface area contributed by atoms with Gasteiger partial charge in [-0.1, -0.05) is 12.2 Å². The summed E-state index contributed by atoms with van der Waals surface area (Å²) in [5, 5.41) is 2.92. The molecule has 0 aromatic heterocycles. The van der Waals surface area contributed by atoms with Gasteiger partial charge in [0.2, 0.25) is 0 Å². The van der Waals surface area contributed by atoms with Crippen molar-refractivity contribution in [3.8, 4) is 0 Å². The zero-order valence-corrected chi connectivity index (χ0v) is 10.7. The lowest BCUT2D eigenvalue weighted by Crippen LogP contribution is -2.44. The molecule has 0 aromatic rings. The first-order valence-electron chi connectivity index (χ1n) is 5.83. The Labute approximate surface area is 93.2 Å². The van der Waals surface area contributed by atoms with Gasteiger partial charge in [0.15, 0.2) is 0 Å². The Kier molecular flexibility index (Phi) is 3.44. The fraction of sp³-hybridized carbons (Fsp3) is 0.667. The summed E-state index contributed by atoms with van der Waals surface area (Å²) in [5.41, 5.74) is 0. The van der Waals surface area contributed by atoms with Crippen LogP contribution in [0.4, 0.5) is 0 Å². The number of allylic oxidation sites excluding steroid dienone is 4. The summed E-state index contributed by atoms with van der Waals surface area (Å²) in [6.45, 7) is 0. The van der Waals surface area contributed by atoms with Crippen LogP contribution in [0, 0.1) is 0 Å². The maximum atomic E-state index is 5.84. The van der Waals surface area contributed by atoms with Crippen molar-refractivity contribution < 1.29 is 8.85 Å². The van der Waals surface area contributed by atoms with Gasteiger partial charge in [0.05, 0.1) is 0 Å². The molecule has 3 heteroatoms. The molecule has 0 atom stereocenters. The molecule has 0 radical (unpaired) electrons. The van der Waals surface area contributed by atoms with Crippen LogP contribution < -0.4 is 0 Å². The summed E-state index contributed by atoms with van der Waals surface area (Å²) in [6.07, 6.45) is 12.0. The summed E-state index contributed by atoms with van der Waals surface area (Å²) in [7, 11) is 1.47. The summed E-state index contributed by atoms with van der Waals surface area (Å²) >= 11 is 0. The van der Waals surface area contributed by atoms with Crippen LogP contribution >= 0.6 is 0 Å². The maximum Gasteiger partial charge on any atom is 0.397 e. The molecule has 0 bridgehead atoms. The molecule has 2 aliphatic carbocycles. The summed E-state index contributed by atoms with van der Waals surface area (Å²) in [4.78, 5) is 0. The monoisotopic (exact) mass is 224 g/mol. The molecule has 0 N–H and O–H groups in total. The predicted molar refractivity (Wildman–Crippen MR) is 63.6 cm³/mol. The Bertz CT molecular complexity index is 264. The van der Waals surface area contributed by atoms with Crippen molar-refractivity contribution in [3.63, 3.8) is 0 Å². The topological polar surface area (TPSA) is 18.5 Å². The molecule has 0 spiro atoms. The first-order valence-corrected chi connectivity index (χ1v) is 7.64. The molecular formula is C12H20O2Si. The molecule has 0 unspecified atom stereocenters. The van der Waals surface area contributed by atoms with E-state index in [0.717, 1.165) is 0 Å². The Morgan fingerprint density at radius 2 is 1.40 bits per heavy atom. The second-order valence-electron chi connectivity index (χ2n) is 4.27. The highest BCUT2D eigenvalue weighted by molar-refractivity contribution is 6.81. The van der Waals surface area contributed by atoms with Gasteiger partial charge in [0.1, 0.15) is 0 Å². The van der Waals surface area contributed by atoms with Gasteiger partial charge in [0.25, 0.3) is 0 Å². The van der Waals surface area contributed by atoms with Crippen molar-refractivity contribution in [1.29, 1.82) is 0 Å². The minimum absolute atomic E-state index is 1.17. The van der Waals surface area contributed by atoms with Crippen molar-refractivity contribution in [1.82, 2.24) is 0 Å². The van der Waals surface area contributed by atoms with E-state index >= 15 is 0 Å². The van der Waals surface area contributed by atoms with E-state index in [1.165, 1.54) is 48.9 Å². The van der Waals surface area contributed by atoms with Crippen LogP contribution in [0.5, 0.6) is 0 Å². The average molecular weight is 224 g/mol. The molecular weight excluding hydrogens is 204 g/mol. The van der Waals surface area contributed by atoms with Gasteiger partial charge in [-0.3, -0.25) is 0 Å². The lowest BCUT2D eigenvalue weighted by atomic mass is 10.4. The number of hydrogen-bond donors (Lipinski definition) is 0. The number of hydrogen-bond acceptors (Lipinski definition) is 2. The fourth-order valence-corrected chi connectivity index (χ4v) is 6.22. The molecule has 0 aliphatic heterocycles. The molecule has 0 aromatic carbocycles. The van der Waals surface area contributed by atoms with E-state index < -0.39 is 8.56 Å². The lowest BCUT2D eigenvalue weighted by molar-refractivity contribution is 0.260. The molecule has 2 aliphatic rings. The Morgan fingerprint density at radius 1 is 0.933 bits per heavy atom. The van der Waals surface area contributed by atoms with Crippen molar-refractivity contribution >= 4 is 8.56 Å².